The first-order valence-electron chi connectivity index (χ1n) is 7.96. The maximum atomic E-state index is 9.69. The van der Waals surface area contributed by atoms with Gasteiger partial charge in [0, 0.05) is 11.1 Å². The Morgan fingerprint density at radius 3 is 2.40 bits per heavy atom. The fourth-order valence-electron chi connectivity index (χ4n) is 3.37. The lowest BCUT2D eigenvalue weighted by Gasteiger charge is -2.27. The van der Waals surface area contributed by atoms with E-state index in [2.05, 4.69) is 12.1 Å². The van der Waals surface area contributed by atoms with E-state index in [1.54, 1.807) is 7.11 Å². The molecule has 0 fully saturated rings. The van der Waals surface area contributed by atoms with Crippen LogP contribution < -0.4 is 15.2 Å². The Bertz CT molecular complexity index is 1050. The number of fused-ring (bicyclic) bond motifs is 2. The van der Waals surface area contributed by atoms with E-state index in [0.717, 1.165) is 21.9 Å². The van der Waals surface area contributed by atoms with Crippen LogP contribution in [0.2, 0.25) is 0 Å². The summed E-state index contributed by atoms with van der Waals surface area (Å²) in [6.45, 7) is 0. The number of hydrogen-bond acceptors (Lipinski definition) is 4. The molecule has 1 aliphatic rings. The lowest BCUT2D eigenvalue weighted by atomic mass is 9.82. The third kappa shape index (κ3) is 2.38. The largest absolute Gasteiger partial charge is 0.496 e. The average molecular weight is 328 g/mol. The molecule has 0 bridgehead atoms. The second-order valence-electron chi connectivity index (χ2n) is 5.90. The lowest BCUT2D eigenvalue weighted by Crippen LogP contribution is -2.21. The molecule has 122 valence electrons. The van der Waals surface area contributed by atoms with Gasteiger partial charge in [-0.3, -0.25) is 0 Å². The minimum absolute atomic E-state index is 0.140. The van der Waals surface area contributed by atoms with Crippen molar-refractivity contribution in [3.05, 3.63) is 83.2 Å². The predicted octanol–water partition coefficient (Wildman–Crippen LogP) is 4.07. The highest BCUT2D eigenvalue weighted by Crippen LogP contribution is 2.45. The summed E-state index contributed by atoms with van der Waals surface area (Å²) in [6, 6.07) is 22.0. The van der Waals surface area contributed by atoms with Gasteiger partial charge in [-0.15, -0.1) is 0 Å². The SMILES string of the molecule is COc1ccccc1C1C(C#N)=C(N)Oc2cc3ccccc3cc21. The van der Waals surface area contributed by atoms with Crippen LogP contribution in [-0.4, -0.2) is 7.11 Å². The van der Waals surface area contributed by atoms with Gasteiger partial charge in [-0.05, 0) is 29.0 Å². The maximum absolute atomic E-state index is 9.69. The molecule has 0 spiro atoms. The first-order chi connectivity index (χ1) is 12.2. The minimum atomic E-state index is -0.325. The topological polar surface area (TPSA) is 68.3 Å². The molecule has 1 heterocycles. The molecular formula is C21H16N2O2. The van der Waals surface area contributed by atoms with Crippen molar-refractivity contribution in [2.75, 3.05) is 7.11 Å². The van der Waals surface area contributed by atoms with Gasteiger partial charge in [0.1, 0.15) is 23.1 Å². The number of benzene rings is 3. The molecule has 1 aliphatic heterocycles. The molecule has 4 rings (SSSR count). The number of nitriles is 1. The van der Waals surface area contributed by atoms with E-state index in [1.807, 2.05) is 54.6 Å². The van der Waals surface area contributed by atoms with E-state index >= 15 is 0 Å². The van der Waals surface area contributed by atoms with Crippen LogP contribution in [0, 0.1) is 11.3 Å². The first kappa shape index (κ1) is 15.1. The summed E-state index contributed by atoms with van der Waals surface area (Å²) in [6.07, 6.45) is 0. The number of rotatable bonds is 2. The smallest absolute Gasteiger partial charge is 0.205 e. The number of nitrogens with zero attached hydrogens (tertiary/aromatic N) is 1. The Kier molecular flexibility index (Phi) is 3.55. The molecular weight excluding hydrogens is 312 g/mol. The molecule has 4 nitrogen and oxygen atoms in total. The predicted molar refractivity (Wildman–Crippen MR) is 96.2 cm³/mol. The van der Waals surface area contributed by atoms with Crippen LogP contribution in [0.3, 0.4) is 0 Å². The fraction of sp³-hybridized carbons (Fsp3) is 0.0952. The third-order valence-electron chi connectivity index (χ3n) is 4.53. The van der Waals surface area contributed by atoms with Crippen molar-refractivity contribution in [2.45, 2.75) is 5.92 Å². The van der Waals surface area contributed by atoms with Gasteiger partial charge >= 0.3 is 0 Å². The highest BCUT2D eigenvalue weighted by Gasteiger charge is 2.32. The highest BCUT2D eigenvalue weighted by atomic mass is 16.5. The maximum Gasteiger partial charge on any atom is 0.205 e. The van der Waals surface area contributed by atoms with Gasteiger partial charge in [-0.1, -0.05) is 42.5 Å². The summed E-state index contributed by atoms with van der Waals surface area (Å²) < 4.78 is 11.3. The number of nitrogens with two attached hydrogens (primary N) is 1. The Balaban J connectivity index is 2.02. The molecule has 0 radical (unpaired) electrons. The van der Waals surface area contributed by atoms with Crippen LogP contribution in [0.4, 0.5) is 0 Å². The zero-order valence-electron chi connectivity index (χ0n) is 13.7. The zero-order chi connectivity index (χ0) is 17.4. The second kappa shape index (κ2) is 5.88. The van der Waals surface area contributed by atoms with Crippen LogP contribution in [-0.2, 0) is 0 Å². The zero-order valence-corrected chi connectivity index (χ0v) is 13.7. The van der Waals surface area contributed by atoms with Gasteiger partial charge in [-0.25, -0.2) is 0 Å². The van der Waals surface area contributed by atoms with Gasteiger partial charge < -0.3 is 15.2 Å². The minimum Gasteiger partial charge on any atom is -0.496 e. The normalized spacial score (nSPS) is 16.1. The Labute approximate surface area is 145 Å². The number of ether oxygens (including phenoxy) is 2. The van der Waals surface area contributed by atoms with E-state index < -0.39 is 0 Å². The van der Waals surface area contributed by atoms with Crippen LogP contribution >= 0.6 is 0 Å². The summed E-state index contributed by atoms with van der Waals surface area (Å²) in [5.41, 5.74) is 8.26. The van der Waals surface area contributed by atoms with Crippen molar-refractivity contribution in [3.63, 3.8) is 0 Å². The number of allylic oxidation sites excluding steroid dienone is 1. The van der Waals surface area contributed by atoms with E-state index in [0.29, 0.717) is 17.1 Å². The van der Waals surface area contributed by atoms with Crippen molar-refractivity contribution in [2.24, 2.45) is 5.73 Å². The molecule has 3 aromatic carbocycles. The van der Waals surface area contributed by atoms with Crippen molar-refractivity contribution >= 4 is 10.8 Å². The summed E-state index contributed by atoms with van der Waals surface area (Å²) in [5.74, 6) is 1.20. The fourth-order valence-corrected chi connectivity index (χ4v) is 3.37. The van der Waals surface area contributed by atoms with Crippen molar-refractivity contribution in [3.8, 4) is 17.6 Å². The molecule has 1 unspecified atom stereocenters. The van der Waals surface area contributed by atoms with Gasteiger partial charge in [0.15, 0.2) is 0 Å². The van der Waals surface area contributed by atoms with Crippen molar-refractivity contribution in [1.29, 1.82) is 5.26 Å². The standard InChI is InChI=1S/C21H16N2O2/c1-24-18-9-5-4-8-15(18)20-16-10-13-6-2-3-7-14(13)11-19(16)25-21(23)17(20)12-22/h2-11,20H,23H2,1H3. The van der Waals surface area contributed by atoms with Gasteiger partial charge in [0.2, 0.25) is 5.88 Å². The third-order valence-corrected chi connectivity index (χ3v) is 4.53. The van der Waals surface area contributed by atoms with Crippen LogP contribution in [0.1, 0.15) is 17.0 Å². The quantitative estimate of drug-likeness (QED) is 0.770. The Morgan fingerprint density at radius 1 is 1.00 bits per heavy atom. The molecule has 25 heavy (non-hydrogen) atoms. The molecule has 0 amide bonds. The first-order valence-corrected chi connectivity index (χ1v) is 7.96. The molecule has 4 heteroatoms. The van der Waals surface area contributed by atoms with E-state index in [4.69, 9.17) is 15.2 Å². The molecule has 0 aliphatic carbocycles. The summed E-state index contributed by atoms with van der Waals surface area (Å²) in [7, 11) is 1.62. The van der Waals surface area contributed by atoms with Crippen molar-refractivity contribution in [1.82, 2.24) is 0 Å². The molecule has 0 aromatic heterocycles. The van der Waals surface area contributed by atoms with Crippen molar-refractivity contribution < 1.29 is 9.47 Å². The molecule has 0 saturated heterocycles. The van der Waals surface area contributed by atoms with Gasteiger partial charge in [-0.2, -0.15) is 5.26 Å². The molecule has 0 saturated carbocycles. The summed E-state index contributed by atoms with van der Waals surface area (Å²) in [4.78, 5) is 0. The van der Waals surface area contributed by atoms with Gasteiger partial charge in [0.25, 0.3) is 0 Å². The van der Waals surface area contributed by atoms with Gasteiger partial charge in [0.05, 0.1) is 13.0 Å². The van der Waals surface area contributed by atoms with Crippen LogP contribution in [0.15, 0.2) is 72.1 Å². The lowest BCUT2D eigenvalue weighted by molar-refractivity contribution is 0.387. The van der Waals surface area contributed by atoms with E-state index in [9.17, 15) is 5.26 Å². The van der Waals surface area contributed by atoms with E-state index in [1.165, 1.54) is 0 Å². The molecule has 2 N–H and O–H groups in total. The second-order valence-corrected chi connectivity index (χ2v) is 5.90. The van der Waals surface area contributed by atoms with Crippen LogP contribution in [0.25, 0.3) is 10.8 Å². The summed E-state index contributed by atoms with van der Waals surface area (Å²) in [5, 5.41) is 11.8. The van der Waals surface area contributed by atoms with Crippen LogP contribution in [0.5, 0.6) is 11.5 Å². The van der Waals surface area contributed by atoms with E-state index in [-0.39, 0.29) is 11.8 Å². The average Bonchev–Trinajstić information content (AvgIpc) is 2.65. The number of methoxy groups -OCH3 is 1. The Morgan fingerprint density at radius 2 is 1.68 bits per heavy atom. The molecule has 3 aromatic rings. The highest BCUT2D eigenvalue weighted by molar-refractivity contribution is 5.86. The monoisotopic (exact) mass is 328 g/mol. The number of para-hydroxylation sites is 1. The Hall–Kier alpha value is -3.45. The number of hydrogen-bond donors (Lipinski definition) is 1. The molecule has 1 atom stereocenters. The summed E-state index contributed by atoms with van der Waals surface area (Å²) >= 11 is 0.